The van der Waals surface area contributed by atoms with Gasteiger partial charge in [-0.2, -0.15) is 0 Å². The molecule has 3 nitrogen and oxygen atoms in total. The fraction of sp³-hybridized carbons (Fsp3) is 0.818. The summed E-state index contributed by atoms with van der Waals surface area (Å²) >= 11 is 0. The number of ether oxygens (including phenoxy) is 2. The molecule has 1 saturated heterocycles. The fourth-order valence-corrected chi connectivity index (χ4v) is 1.65. The van der Waals surface area contributed by atoms with Crippen LogP contribution in [0.25, 0.3) is 0 Å². The molecule has 14 heavy (non-hydrogen) atoms. The third-order valence-electron chi connectivity index (χ3n) is 2.54. The van der Waals surface area contributed by atoms with Crippen molar-refractivity contribution < 1.29 is 14.6 Å². The molecule has 0 atom stereocenters. The van der Waals surface area contributed by atoms with E-state index in [1.807, 2.05) is 19.9 Å². The molecule has 1 aliphatic heterocycles. The zero-order valence-electron chi connectivity index (χ0n) is 9.08. The van der Waals surface area contributed by atoms with Crippen LogP contribution >= 0.6 is 0 Å². The van der Waals surface area contributed by atoms with E-state index in [4.69, 9.17) is 14.6 Å². The fourth-order valence-electron chi connectivity index (χ4n) is 1.65. The maximum absolute atomic E-state index is 8.67. The highest BCUT2D eigenvalue weighted by Crippen LogP contribution is 2.25. The highest BCUT2D eigenvalue weighted by atomic mass is 16.7. The van der Waals surface area contributed by atoms with Gasteiger partial charge >= 0.3 is 0 Å². The monoisotopic (exact) mass is 200 g/mol. The maximum Gasteiger partial charge on any atom is 0.165 e. The number of allylic oxidation sites excluding steroid dienone is 1. The summed E-state index contributed by atoms with van der Waals surface area (Å²) in [5.74, 6) is -0.362. The van der Waals surface area contributed by atoms with Gasteiger partial charge in [0.1, 0.15) is 0 Å². The van der Waals surface area contributed by atoms with Gasteiger partial charge in [0.2, 0.25) is 0 Å². The molecule has 0 bridgehead atoms. The molecule has 1 heterocycles. The van der Waals surface area contributed by atoms with E-state index in [9.17, 15) is 0 Å². The first-order valence-corrected chi connectivity index (χ1v) is 5.21. The smallest absolute Gasteiger partial charge is 0.165 e. The minimum atomic E-state index is -0.362. The van der Waals surface area contributed by atoms with E-state index in [1.54, 1.807) is 0 Å². The highest BCUT2D eigenvalue weighted by Gasteiger charge is 2.29. The van der Waals surface area contributed by atoms with E-state index in [1.165, 1.54) is 5.57 Å². The average Bonchev–Trinajstić information content (AvgIpc) is 2.53. The Morgan fingerprint density at radius 3 is 2.64 bits per heavy atom. The summed E-state index contributed by atoms with van der Waals surface area (Å²) in [4.78, 5) is 0. The minimum Gasteiger partial charge on any atom is -0.392 e. The molecule has 0 aromatic heterocycles. The van der Waals surface area contributed by atoms with Gasteiger partial charge in [-0.15, -0.1) is 0 Å². The van der Waals surface area contributed by atoms with E-state index in [-0.39, 0.29) is 12.4 Å². The first-order valence-electron chi connectivity index (χ1n) is 5.21. The number of rotatable bonds is 5. The van der Waals surface area contributed by atoms with E-state index in [2.05, 4.69) is 0 Å². The van der Waals surface area contributed by atoms with Crippen LogP contribution in [-0.4, -0.2) is 30.7 Å². The van der Waals surface area contributed by atoms with Crippen molar-refractivity contribution in [2.75, 3.05) is 19.8 Å². The predicted octanol–water partition coefficient (Wildman–Crippen LogP) is 1.86. The second-order valence-electron chi connectivity index (χ2n) is 3.92. The lowest BCUT2D eigenvalue weighted by atomic mass is 10.1. The molecule has 0 saturated carbocycles. The molecule has 0 radical (unpaired) electrons. The normalized spacial score (nSPS) is 21.5. The lowest BCUT2D eigenvalue weighted by molar-refractivity contribution is -0.147. The van der Waals surface area contributed by atoms with E-state index in [0.29, 0.717) is 13.2 Å². The molecule has 0 spiro atoms. The van der Waals surface area contributed by atoms with Crippen LogP contribution in [-0.2, 0) is 9.47 Å². The van der Waals surface area contributed by atoms with Crippen molar-refractivity contribution in [2.45, 2.75) is 38.9 Å². The van der Waals surface area contributed by atoms with Gasteiger partial charge < -0.3 is 14.6 Å². The first kappa shape index (κ1) is 11.7. The van der Waals surface area contributed by atoms with Crippen LogP contribution in [0.15, 0.2) is 11.6 Å². The van der Waals surface area contributed by atoms with Crippen molar-refractivity contribution in [3.8, 4) is 0 Å². The van der Waals surface area contributed by atoms with Crippen LogP contribution in [0.1, 0.15) is 33.1 Å². The molecule has 1 fully saturated rings. The SMILES string of the molecule is C/C(=C\CO)CCCC1(C)OCCO1. The molecular weight excluding hydrogens is 180 g/mol. The summed E-state index contributed by atoms with van der Waals surface area (Å²) in [5, 5.41) is 8.67. The number of hydrogen-bond acceptors (Lipinski definition) is 3. The topological polar surface area (TPSA) is 38.7 Å². The van der Waals surface area contributed by atoms with Gasteiger partial charge in [-0.05, 0) is 26.7 Å². The van der Waals surface area contributed by atoms with Gasteiger partial charge in [-0.1, -0.05) is 11.6 Å². The van der Waals surface area contributed by atoms with Crippen LogP contribution < -0.4 is 0 Å². The third-order valence-corrected chi connectivity index (χ3v) is 2.54. The molecule has 0 unspecified atom stereocenters. The molecule has 3 heteroatoms. The second kappa shape index (κ2) is 5.49. The molecule has 0 aromatic carbocycles. The summed E-state index contributed by atoms with van der Waals surface area (Å²) in [5.41, 5.74) is 1.23. The minimum absolute atomic E-state index is 0.135. The Labute approximate surface area is 85.7 Å². The van der Waals surface area contributed by atoms with Gasteiger partial charge in [0.15, 0.2) is 5.79 Å². The maximum atomic E-state index is 8.67. The highest BCUT2D eigenvalue weighted by molar-refractivity contribution is 4.97. The molecule has 1 rings (SSSR count). The van der Waals surface area contributed by atoms with Crippen molar-refractivity contribution >= 4 is 0 Å². The quantitative estimate of drug-likeness (QED) is 0.688. The molecule has 82 valence electrons. The molecule has 0 amide bonds. The Kier molecular flexibility index (Phi) is 4.58. The van der Waals surface area contributed by atoms with Crippen LogP contribution in [0.3, 0.4) is 0 Å². The van der Waals surface area contributed by atoms with Gasteiger partial charge in [-0.3, -0.25) is 0 Å². The summed E-state index contributed by atoms with van der Waals surface area (Å²) < 4.78 is 11.0. The summed E-state index contributed by atoms with van der Waals surface area (Å²) in [6, 6.07) is 0. The van der Waals surface area contributed by atoms with Crippen LogP contribution in [0, 0.1) is 0 Å². The van der Waals surface area contributed by atoms with Crippen LogP contribution in [0.4, 0.5) is 0 Å². The number of aliphatic hydroxyl groups excluding tert-OH is 1. The Bertz CT molecular complexity index is 193. The van der Waals surface area contributed by atoms with E-state index < -0.39 is 0 Å². The Morgan fingerprint density at radius 1 is 1.43 bits per heavy atom. The van der Waals surface area contributed by atoms with Crippen molar-refractivity contribution in [1.29, 1.82) is 0 Å². The van der Waals surface area contributed by atoms with Gasteiger partial charge in [0, 0.05) is 6.42 Å². The van der Waals surface area contributed by atoms with Crippen molar-refractivity contribution in [3.63, 3.8) is 0 Å². The first-order chi connectivity index (χ1) is 6.66. The number of aliphatic hydroxyl groups is 1. The molecule has 1 aliphatic rings. The van der Waals surface area contributed by atoms with E-state index in [0.717, 1.165) is 19.3 Å². The van der Waals surface area contributed by atoms with Gasteiger partial charge in [0.05, 0.1) is 19.8 Å². The number of hydrogen-bond donors (Lipinski definition) is 1. The predicted molar refractivity (Wildman–Crippen MR) is 55.0 cm³/mol. The molecule has 0 aromatic rings. The lowest BCUT2D eigenvalue weighted by Crippen LogP contribution is -2.25. The third kappa shape index (κ3) is 3.78. The standard InChI is InChI=1S/C11H20O3/c1-10(5-7-12)4-3-6-11(2)13-8-9-14-11/h5,12H,3-4,6-9H2,1-2H3/b10-5+. The lowest BCUT2D eigenvalue weighted by Gasteiger charge is -2.21. The Hall–Kier alpha value is -0.380. The zero-order valence-corrected chi connectivity index (χ0v) is 9.08. The van der Waals surface area contributed by atoms with Crippen molar-refractivity contribution in [1.82, 2.24) is 0 Å². The summed E-state index contributed by atoms with van der Waals surface area (Å²) in [7, 11) is 0. The Balaban J connectivity index is 2.17. The average molecular weight is 200 g/mol. The van der Waals surface area contributed by atoms with Crippen molar-refractivity contribution in [2.24, 2.45) is 0 Å². The van der Waals surface area contributed by atoms with Crippen molar-refractivity contribution in [3.05, 3.63) is 11.6 Å². The second-order valence-corrected chi connectivity index (χ2v) is 3.92. The van der Waals surface area contributed by atoms with Crippen LogP contribution in [0.5, 0.6) is 0 Å². The van der Waals surface area contributed by atoms with Crippen LogP contribution in [0.2, 0.25) is 0 Å². The molecule has 0 aliphatic carbocycles. The van der Waals surface area contributed by atoms with Gasteiger partial charge in [-0.25, -0.2) is 0 Å². The zero-order chi connectivity index (χ0) is 10.4. The molecular formula is C11H20O3. The summed E-state index contributed by atoms with van der Waals surface area (Å²) in [6.07, 6.45) is 4.81. The Morgan fingerprint density at radius 2 is 2.07 bits per heavy atom. The van der Waals surface area contributed by atoms with Gasteiger partial charge in [0.25, 0.3) is 0 Å². The molecule has 1 N–H and O–H groups in total. The summed E-state index contributed by atoms with van der Waals surface area (Å²) in [6.45, 7) is 5.58. The van der Waals surface area contributed by atoms with E-state index >= 15 is 0 Å². The largest absolute Gasteiger partial charge is 0.392 e.